The Morgan fingerprint density at radius 3 is 2.40 bits per heavy atom. The molecule has 0 heterocycles. The van der Waals surface area contributed by atoms with Gasteiger partial charge in [0.1, 0.15) is 5.60 Å². The lowest BCUT2D eigenvalue weighted by molar-refractivity contribution is 0.00695. The average Bonchev–Trinajstić information content (AvgIpc) is 1.98. The largest absolute Gasteiger partial charge is 0.456 e. The summed E-state index contributed by atoms with van der Waals surface area (Å²) in [6.07, 6.45) is 0. The van der Waals surface area contributed by atoms with Gasteiger partial charge in [-0.15, -0.1) is 0 Å². The van der Waals surface area contributed by atoms with Gasteiger partial charge < -0.3 is 4.74 Å². The van der Waals surface area contributed by atoms with Crippen LogP contribution in [-0.4, -0.2) is 11.6 Å². The van der Waals surface area contributed by atoms with Crippen LogP contribution in [0.15, 0.2) is 18.2 Å². The molecule has 0 amide bonds. The first-order valence-electron chi connectivity index (χ1n) is 4.47. The second-order valence-electron chi connectivity index (χ2n) is 4.16. The second kappa shape index (κ2) is 4.70. The molecule has 0 N–H and O–H groups in total. The van der Waals surface area contributed by atoms with E-state index in [1.54, 1.807) is 18.2 Å². The third-order valence-electron chi connectivity index (χ3n) is 1.50. The van der Waals surface area contributed by atoms with Crippen LogP contribution in [0.25, 0.3) is 0 Å². The maximum absolute atomic E-state index is 11.7. The van der Waals surface area contributed by atoms with Crippen molar-refractivity contribution in [1.29, 1.82) is 0 Å². The summed E-state index contributed by atoms with van der Waals surface area (Å²) in [7, 11) is 0. The summed E-state index contributed by atoms with van der Waals surface area (Å²) in [5.74, 6) is -0.345. The van der Waals surface area contributed by atoms with Crippen LogP contribution < -0.4 is 0 Å². The van der Waals surface area contributed by atoms with Gasteiger partial charge in [-0.2, -0.15) is 0 Å². The number of hydrogen-bond acceptors (Lipinski definition) is 2. The molecule has 0 saturated heterocycles. The average molecular weight is 339 g/mol. The number of rotatable bonds is 1. The maximum Gasteiger partial charge on any atom is 0.338 e. The fourth-order valence-corrected chi connectivity index (χ4v) is 2.10. The molecule has 0 radical (unpaired) electrons. The highest BCUT2D eigenvalue weighted by Gasteiger charge is 2.18. The van der Waals surface area contributed by atoms with Gasteiger partial charge in [0.15, 0.2) is 0 Å². The topological polar surface area (TPSA) is 26.3 Å². The third-order valence-corrected chi connectivity index (χ3v) is 2.34. The molecule has 0 aliphatic heterocycles. The predicted molar refractivity (Wildman–Crippen MR) is 69.3 cm³/mol. The Morgan fingerprint density at radius 1 is 1.33 bits per heavy atom. The number of ether oxygens (including phenoxy) is 1. The van der Waals surface area contributed by atoms with E-state index in [0.717, 1.165) is 3.57 Å². The molecule has 0 aliphatic carbocycles. The van der Waals surface area contributed by atoms with Crippen molar-refractivity contribution in [2.24, 2.45) is 0 Å². The van der Waals surface area contributed by atoms with Crippen molar-refractivity contribution < 1.29 is 9.53 Å². The van der Waals surface area contributed by atoms with Crippen molar-refractivity contribution in [1.82, 2.24) is 0 Å². The molecule has 0 saturated carbocycles. The van der Waals surface area contributed by atoms with E-state index in [-0.39, 0.29) is 5.97 Å². The zero-order chi connectivity index (χ0) is 11.6. The van der Waals surface area contributed by atoms with E-state index in [4.69, 9.17) is 16.3 Å². The molecule has 0 fully saturated rings. The van der Waals surface area contributed by atoms with Crippen molar-refractivity contribution in [3.63, 3.8) is 0 Å². The van der Waals surface area contributed by atoms with Crippen LogP contribution in [0.3, 0.4) is 0 Å². The van der Waals surface area contributed by atoms with Gasteiger partial charge in [0.25, 0.3) is 0 Å². The van der Waals surface area contributed by atoms with Gasteiger partial charge in [0.2, 0.25) is 0 Å². The summed E-state index contributed by atoms with van der Waals surface area (Å²) >= 11 is 7.96. The lowest BCUT2D eigenvalue weighted by atomic mass is 10.2. The van der Waals surface area contributed by atoms with E-state index < -0.39 is 5.60 Å². The summed E-state index contributed by atoms with van der Waals surface area (Å²) in [4.78, 5) is 11.7. The number of carbonyl (C=O) groups is 1. The van der Waals surface area contributed by atoms with E-state index in [1.165, 1.54) is 0 Å². The molecule has 4 heteroatoms. The smallest absolute Gasteiger partial charge is 0.338 e. The number of carbonyl (C=O) groups excluding carboxylic acids is 1. The predicted octanol–water partition coefficient (Wildman–Crippen LogP) is 3.90. The summed E-state index contributed by atoms with van der Waals surface area (Å²) in [6.45, 7) is 5.50. The molecule has 1 aromatic carbocycles. The molecular formula is C11H12ClIO2. The highest BCUT2D eigenvalue weighted by atomic mass is 127. The van der Waals surface area contributed by atoms with Crippen LogP contribution in [-0.2, 0) is 4.74 Å². The summed E-state index contributed by atoms with van der Waals surface area (Å²) in [5.41, 5.74) is 0.00649. The normalized spacial score (nSPS) is 11.3. The molecular weight excluding hydrogens is 326 g/mol. The fraction of sp³-hybridized carbons (Fsp3) is 0.364. The maximum atomic E-state index is 11.7. The Kier molecular flexibility index (Phi) is 4.00. The lowest BCUT2D eigenvalue weighted by Crippen LogP contribution is -2.23. The SMILES string of the molecule is CC(C)(C)OC(=O)c1cc(Cl)cc(I)c1. The molecule has 0 bridgehead atoms. The van der Waals surface area contributed by atoms with Crippen LogP contribution in [0.5, 0.6) is 0 Å². The standard InChI is InChI=1S/C11H12ClIO2/c1-11(2,3)15-10(14)7-4-8(12)6-9(13)5-7/h4-6H,1-3H3. The minimum atomic E-state index is -0.481. The van der Waals surface area contributed by atoms with Gasteiger partial charge in [0.05, 0.1) is 5.56 Å². The third kappa shape index (κ3) is 4.38. The first kappa shape index (κ1) is 12.8. The molecule has 82 valence electrons. The first-order valence-corrected chi connectivity index (χ1v) is 5.93. The lowest BCUT2D eigenvalue weighted by Gasteiger charge is -2.19. The van der Waals surface area contributed by atoms with Crippen LogP contribution in [0.4, 0.5) is 0 Å². The summed E-state index contributed by atoms with van der Waals surface area (Å²) < 4.78 is 6.15. The highest BCUT2D eigenvalue weighted by Crippen LogP contribution is 2.19. The quantitative estimate of drug-likeness (QED) is 0.573. The van der Waals surface area contributed by atoms with Gasteiger partial charge in [-0.25, -0.2) is 4.79 Å². The Bertz CT molecular complexity index is 362. The summed E-state index contributed by atoms with van der Waals surface area (Å²) in [6, 6.07) is 5.15. The van der Waals surface area contributed by atoms with Crippen molar-refractivity contribution in [3.8, 4) is 0 Å². The number of hydrogen-bond donors (Lipinski definition) is 0. The van der Waals surface area contributed by atoms with Crippen LogP contribution >= 0.6 is 34.2 Å². The number of esters is 1. The first-order chi connectivity index (χ1) is 6.78. The van der Waals surface area contributed by atoms with Crippen LogP contribution in [0, 0.1) is 3.57 Å². The van der Waals surface area contributed by atoms with Crippen LogP contribution in [0.1, 0.15) is 31.1 Å². The molecule has 0 aromatic heterocycles. The molecule has 1 rings (SSSR count). The van der Waals surface area contributed by atoms with E-state index in [9.17, 15) is 4.79 Å². The van der Waals surface area contributed by atoms with E-state index in [1.807, 2.05) is 20.8 Å². The Labute approximate surface area is 108 Å². The second-order valence-corrected chi connectivity index (χ2v) is 5.84. The Hall–Kier alpha value is -0.290. The minimum absolute atomic E-state index is 0.345. The van der Waals surface area contributed by atoms with E-state index in [2.05, 4.69) is 22.6 Å². The van der Waals surface area contributed by atoms with Gasteiger partial charge in [-0.05, 0) is 61.6 Å². The molecule has 0 unspecified atom stereocenters. The van der Waals surface area contributed by atoms with Crippen LogP contribution in [0.2, 0.25) is 5.02 Å². The zero-order valence-electron chi connectivity index (χ0n) is 8.80. The van der Waals surface area contributed by atoms with Gasteiger partial charge >= 0.3 is 5.97 Å². The van der Waals surface area contributed by atoms with Crippen molar-refractivity contribution in [3.05, 3.63) is 32.4 Å². The van der Waals surface area contributed by atoms with E-state index in [0.29, 0.717) is 10.6 Å². The summed E-state index contributed by atoms with van der Waals surface area (Å²) in [5, 5.41) is 0.544. The Balaban J connectivity index is 2.92. The van der Waals surface area contributed by atoms with E-state index >= 15 is 0 Å². The minimum Gasteiger partial charge on any atom is -0.456 e. The molecule has 0 spiro atoms. The van der Waals surface area contributed by atoms with Gasteiger partial charge in [-0.3, -0.25) is 0 Å². The molecule has 2 nitrogen and oxygen atoms in total. The van der Waals surface area contributed by atoms with Crippen molar-refractivity contribution in [2.75, 3.05) is 0 Å². The zero-order valence-corrected chi connectivity index (χ0v) is 11.7. The van der Waals surface area contributed by atoms with Gasteiger partial charge in [-0.1, -0.05) is 11.6 Å². The molecule has 0 atom stereocenters. The molecule has 15 heavy (non-hydrogen) atoms. The monoisotopic (exact) mass is 338 g/mol. The number of halogens is 2. The highest BCUT2D eigenvalue weighted by molar-refractivity contribution is 14.1. The van der Waals surface area contributed by atoms with Crippen molar-refractivity contribution >= 4 is 40.2 Å². The van der Waals surface area contributed by atoms with Crippen molar-refractivity contribution in [2.45, 2.75) is 26.4 Å². The fourth-order valence-electron chi connectivity index (χ4n) is 1.01. The molecule has 1 aromatic rings. The molecule has 0 aliphatic rings. The Morgan fingerprint density at radius 2 is 1.93 bits per heavy atom. The van der Waals surface area contributed by atoms with Gasteiger partial charge in [0, 0.05) is 8.59 Å². The number of benzene rings is 1.